The van der Waals surface area contributed by atoms with Crippen LogP contribution in [0.3, 0.4) is 0 Å². The van der Waals surface area contributed by atoms with Crippen LogP contribution in [0.5, 0.6) is 0 Å². The highest BCUT2D eigenvalue weighted by Gasteiger charge is 2.24. The molecule has 29 heavy (non-hydrogen) atoms. The minimum Gasteiger partial charge on any atom is -0.454 e. The van der Waals surface area contributed by atoms with Crippen molar-refractivity contribution in [2.24, 2.45) is 0 Å². The van der Waals surface area contributed by atoms with Gasteiger partial charge in [-0.2, -0.15) is 0 Å². The Morgan fingerprint density at radius 2 is 1.59 bits per heavy atom. The smallest absolute Gasteiger partial charge is 0.324 e. The molecular weight excluding hydrogens is 396 g/mol. The first-order valence-corrected chi connectivity index (χ1v) is 9.59. The van der Waals surface area contributed by atoms with E-state index >= 15 is 0 Å². The molecule has 0 aliphatic rings. The van der Waals surface area contributed by atoms with E-state index in [-0.39, 0.29) is 5.69 Å². The van der Waals surface area contributed by atoms with E-state index < -0.39 is 35.4 Å². The Kier molecular flexibility index (Phi) is 6.97. The number of nitrogens with one attached hydrogen (secondary N) is 1. The molecular formula is C22H17F2NO3S. The van der Waals surface area contributed by atoms with Crippen LogP contribution in [-0.4, -0.2) is 18.5 Å². The fraction of sp³-hybridized carbons (Fsp3) is 0.0909. The fourth-order valence-corrected chi connectivity index (χ4v) is 3.55. The summed E-state index contributed by atoms with van der Waals surface area (Å²) < 4.78 is 32.0. The number of amides is 1. The first-order valence-electron chi connectivity index (χ1n) is 8.71. The normalized spacial score (nSPS) is 11.5. The summed E-state index contributed by atoms with van der Waals surface area (Å²) in [6.07, 6.45) is 0. The Balaban J connectivity index is 1.66. The SMILES string of the molecule is O=C(COC(=O)C(Sc1ccccc1)c1ccccc1)Nc1cc(F)ccc1F. The highest BCUT2D eigenvalue weighted by molar-refractivity contribution is 8.00. The molecule has 1 atom stereocenters. The van der Waals surface area contributed by atoms with Crippen LogP contribution in [-0.2, 0) is 14.3 Å². The maximum atomic E-state index is 13.6. The van der Waals surface area contributed by atoms with Gasteiger partial charge in [0.2, 0.25) is 0 Å². The highest BCUT2D eigenvalue weighted by Crippen LogP contribution is 2.36. The van der Waals surface area contributed by atoms with Gasteiger partial charge in [0.15, 0.2) is 6.61 Å². The van der Waals surface area contributed by atoms with Crippen LogP contribution < -0.4 is 5.32 Å². The zero-order chi connectivity index (χ0) is 20.6. The molecule has 0 bridgehead atoms. The van der Waals surface area contributed by atoms with E-state index in [2.05, 4.69) is 5.32 Å². The van der Waals surface area contributed by atoms with Crippen LogP contribution in [0.4, 0.5) is 14.5 Å². The van der Waals surface area contributed by atoms with E-state index in [0.717, 1.165) is 28.7 Å². The van der Waals surface area contributed by atoms with Crippen LogP contribution >= 0.6 is 11.8 Å². The first-order chi connectivity index (χ1) is 14.0. The molecule has 3 rings (SSSR count). The van der Waals surface area contributed by atoms with Crippen molar-refractivity contribution in [3.8, 4) is 0 Å². The van der Waals surface area contributed by atoms with E-state index in [0.29, 0.717) is 0 Å². The minimum absolute atomic E-state index is 0.315. The average Bonchev–Trinajstić information content (AvgIpc) is 2.74. The van der Waals surface area contributed by atoms with Gasteiger partial charge in [0.25, 0.3) is 5.91 Å². The maximum Gasteiger partial charge on any atom is 0.324 e. The molecule has 0 heterocycles. The Labute approximate surface area is 170 Å². The molecule has 1 unspecified atom stereocenters. The van der Waals surface area contributed by atoms with Crippen molar-refractivity contribution in [2.45, 2.75) is 10.1 Å². The molecule has 0 aliphatic heterocycles. The van der Waals surface area contributed by atoms with Gasteiger partial charge in [-0.3, -0.25) is 9.59 Å². The van der Waals surface area contributed by atoms with Crippen molar-refractivity contribution in [1.82, 2.24) is 0 Å². The van der Waals surface area contributed by atoms with Crippen LogP contribution in [0.2, 0.25) is 0 Å². The number of ether oxygens (including phenoxy) is 1. The van der Waals surface area contributed by atoms with E-state index in [4.69, 9.17) is 4.74 Å². The van der Waals surface area contributed by atoms with Gasteiger partial charge in [-0.15, -0.1) is 11.8 Å². The second-order valence-electron chi connectivity index (χ2n) is 6.00. The van der Waals surface area contributed by atoms with E-state index in [1.54, 1.807) is 24.3 Å². The zero-order valence-electron chi connectivity index (χ0n) is 15.2. The van der Waals surface area contributed by atoms with Gasteiger partial charge >= 0.3 is 5.97 Å². The summed E-state index contributed by atoms with van der Waals surface area (Å²) in [5.41, 5.74) is 0.409. The third-order valence-corrected chi connectivity index (χ3v) is 5.11. The summed E-state index contributed by atoms with van der Waals surface area (Å²) in [7, 11) is 0. The second kappa shape index (κ2) is 9.84. The number of anilines is 1. The van der Waals surface area contributed by atoms with Crippen molar-refractivity contribution < 1.29 is 23.1 Å². The van der Waals surface area contributed by atoms with Gasteiger partial charge in [0.1, 0.15) is 16.9 Å². The predicted octanol–water partition coefficient (Wildman–Crippen LogP) is 4.98. The molecule has 0 radical (unpaired) electrons. The molecule has 148 valence electrons. The van der Waals surface area contributed by atoms with Gasteiger partial charge in [-0.1, -0.05) is 48.5 Å². The van der Waals surface area contributed by atoms with E-state index in [1.165, 1.54) is 11.8 Å². The van der Waals surface area contributed by atoms with Crippen molar-refractivity contribution in [3.05, 3.63) is 96.1 Å². The number of carbonyl (C=O) groups excluding carboxylic acids is 2. The lowest BCUT2D eigenvalue weighted by atomic mass is 10.1. The topological polar surface area (TPSA) is 55.4 Å². The monoisotopic (exact) mass is 413 g/mol. The van der Waals surface area contributed by atoms with Gasteiger partial charge in [-0.25, -0.2) is 8.78 Å². The van der Waals surface area contributed by atoms with E-state index in [1.807, 2.05) is 36.4 Å². The summed E-state index contributed by atoms with van der Waals surface area (Å²) in [6.45, 7) is -0.618. The number of carbonyl (C=O) groups is 2. The molecule has 0 spiro atoms. The van der Waals surface area contributed by atoms with Crippen LogP contribution in [0.1, 0.15) is 10.8 Å². The molecule has 0 aromatic heterocycles. The van der Waals surface area contributed by atoms with Crippen molar-refractivity contribution in [2.75, 3.05) is 11.9 Å². The minimum atomic E-state index is -0.784. The summed E-state index contributed by atoms with van der Waals surface area (Å²) in [5, 5.41) is 1.51. The number of hydrogen-bond acceptors (Lipinski definition) is 4. The molecule has 7 heteroatoms. The third-order valence-electron chi connectivity index (χ3n) is 3.86. The van der Waals surface area contributed by atoms with Crippen molar-refractivity contribution in [3.63, 3.8) is 0 Å². The Hall–Kier alpha value is -3.19. The molecule has 1 N–H and O–H groups in total. The van der Waals surface area contributed by atoms with Gasteiger partial charge < -0.3 is 10.1 Å². The second-order valence-corrected chi connectivity index (χ2v) is 7.18. The zero-order valence-corrected chi connectivity index (χ0v) is 16.0. The quantitative estimate of drug-likeness (QED) is 0.438. The third kappa shape index (κ3) is 5.89. The fourth-order valence-electron chi connectivity index (χ4n) is 2.51. The van der Waals surface area contributed by atoms with E-state index in [9.17, 15) is 18.4 Å². The largest absolute Gasteiger partial charge is 0.454 e. The molecule has 3 aromatic rings. The Morgan fingerprint density at radius 1 is 0.931 bits per heavy atom. The number of hydrogen-bond donors (Lipinski definition) is 1. The highest BCUT2D eigenvalue weighted by atomic mass is 32.2. The predicted molar refractivity (Wildman–Crippen MR) is 107 cm³/mol. The number of esters is 1. The number of benzene rings is 3. The molecule has 1 amide bonds. The Bertz CT molecular complexity index is 984. The summed E-state index contributed by atoms with van der Waals surface area (Å²) in [6, 6.07) is 21.1. The lowest BCUT2D eigenvalue weighted by Crippen LogP contribution is -2.23. The standard InChI is InChI=1S/C22H17F2NO3S/c23-16-11-12-18(24)19(13-16)25-20(26)14-28-22(27)21(15-7-3-1-4-8-15)29-17-9-5-2-6-10-17/h1-13,21H,14H2,(H,25,26). The van der Waals surface area contributed by atoms with Crippen LogP contribution in [0.15, 0.2) is 83.8 Å². The molecule has 0 aliphatic carbocycles. The lowest BCUT2D eigenvalue weighted by Gasteiger charge is -2.16. The lowest BCUT2D eigenvalue weighted by molar-refractivity contribution is -0.146. The maximum absolute atomic E-state index is 13.6. The number of rotatable bonds is 7. The number of halogens is 2. The molecule has 4 nitrogen and oxygen atoms in total. The molecule has 3 aromatic carbocycles. The summed E-state index contributed by atoms with van der Waals surface area (Å²) in [4.78, 5) is 25.5. The average molecular weight is 413 g/mol. The van der Waals surface area contributed by atoms with Crippen molar-refractivity contribution >= 4 is 29.3 Å². The molecule has 0 fully saturated rings. The van der Waals surface area contributed by atoms with Crippen molar-refractivity contribution in [1.29, 1.82) is 0 Å². The van der Waals surface area contributed by atoms with Crippen LogP contribution in [0.25, 0.3) is 0 Å². The van der Waals surface area contributed by atoms with Gasteiger partial charge in [0.05, 0.1) is 5.69 Å². The Morgan fingerprint density at radius 3 is 2.28 bits per heavy atom. The first kappa shape index (κ1) is 20.5. The molecule has 0 saturated carbocycles. The summed E-state index contributed by atoms with van der Waals surface area (Å²) >= 11 is 1.29. The summed E-state index contributed by atoms with van der Waals surface area (Å²) in [5.74, 6) is -2.85. The molecule has 0 saturated heterocycles. The number of thioether (sulfide) groups is 1. The van der Waals surface area contributed by atoms with Crippen LogP contribution in [0, 0.1) is 11.6 Å². The van der Waals surface area contributed by atoms with Gasteiger partial charge in [0, 0.05) is 11.0 Å². The van der Waals surface area contributed by atoms with Gasteiger partial charge in [-0.05, 0) is 29.8 Å².